The molecule has 1 fully saturated rings. The van der Waals surface area contributed by atoms with Crippen molar-refractivity contribution >= 4 is 0 Å². The Labute approximate surface area is 182 Å². The van der Waals surface area contributed by atoms with Gasteiger partial charge in [0.2, 0.25) is 0 Å². The van der Waals surface area contributed by atoms with Crippen LogP contribution in [0.2, 0.25) is 0 Å². The highest BCUT2D eigenvalue weighted by atomic mass is 17.3. The van der Waals surface area contributed by atoms with Crippen molar-refractivity contribution in [1.29, 1.82) is 0 Å². The maximum atomic E-state index is 5.88. The molecule has 0 aromatic carbocycles. The van der Waals surface area contributed by atoms with Gasteiger partial charge in [0.1, 0.15) is 0 Å². The number of ether oxygens (including phenoxy) is 1. The van der Waals surface area contributed by atoms with E-state index < -0.39 is 0 Å². The van der Waals surface area contributed by atoms with Gasteiger partial charge in [-0.3, -0.25) is 0 Å². The van der Waals surface area contributed by atoms with Crippen LogP contribution in [0.5, 0.6) is 0 Å². The third-order valence-corrected chi connectivity index (χ3v) is 6.16. The van der Waals surface area contributed by atoms with Crippen LogP contribution >= 0.6 is 0 Å². The molecule has 1 heterocycles. The van der Waals surface area contributed by atoms with Crippen molar-refractivity contribution in [3.05, 3.63) is 0 Å². The lowest BCUT2D eigenvalue weighted by atomic mass is 10.1. The molecule has 1 aliphatic heterocycles. The summed E-state index contributed by atoms with van der Waals surface area (Å²) in [6.45, 7) is 4.56. The molecule has 0 radical (unpaired) electrons. The fourth-order valence-electron chi connectivity index (χ4n) is 4.17. The van der Waals surface area contributed by atoms with Gasteiger partial charge in [-0.25, -0.2) is 9.78 Å². The Balaban J connectivity index is 1.79. The summed E-state index contributed by atoms with van der Waals surface area (Å²) in [6, 6.07) is 0. The highest BCUT2D eigenvalue weighted by molar-refractivity contribution is 4.56. The third-order valence-electron chi connectivity index (χ3n) is 6.16. The highest BCUT2D eigenvalue weighted by Gasteiger charge is 2.26. The zero-order valence-electron chi connectivity index (χ0n) is 19.9. The first-order chi connectivity index (χ1) is 14.4. The van der Waals surface area contributed by atoms with Gasteiger partial charge in [-0.2, -0.15) is 0 Å². The average molecular weight is 413 g/mol. The van der Waals surface area contributed by atoms with Crippen LogP contribution in [0.1, 0.15) is 155 Å². The summed E-state index contributed by atoms with van der Waals surface area (Å²) in [5.41, 5.74) is 0. The maximum absolute atomic E-state index is 5.88. The van der Waals surface area contributed by atoms with E-state index in [1.165, 1.54) is 128 Å². The van der Waals surface area contributed by atoms with Gasteiger partial charge in [-0.05, 0) is 12.8 Å². The SMILES string of the molecule is CCCCCCCCCCCCC1OOC(CCCCCCCCCCCC)O1. The molecule has 2 atom stereocenters. The second kappa shape index (κ2) is 21.1. The van der Waals surface area contributed by atoms with Crippen molar-refractivity contribution < 1.29 is 14.5 Å². The minimum absolute atomic E-state index is 0.128. The summed E-state index contributed by atoms with van der Waals surface area (Å²) < 4.78 is 5.88. The number of unbranched alkanes of at least 4 members (excludes halogenated alkanes) is 18. The van der Waals surface area contributed by atoms with Gasteiger partial charge < -0.3 is 4.74 Å². The smallest absolute Gasteiger partial charge is 0.194 e. The second-order valence-electron chi connectivity index (χ2n) is 9.13. The fraction of sp³-hybridized carbons (Fsp3) is 1.00. The predicted octanol–water partition coefficient (Wildman–Crippen LogP) is 9.24. The molecule has 0 N–H and O–H groups in total. The van der Waals surface area contributed by atoms with Crippen LogP contribution in [0.25, 0.3) is 0 Å². The van der Waals surface area contributed by atoms with Crippen molar-refractivity contribution in [2.45, 2.75) is 168 Å². The van der Waals surface area contributed by atoms with Crippen LogP contribution in [0.15, 0.2) is 0 Å². The topological polar surface area (TPSA) is 27.7 Å². The van der Waals surface area contributed by atoms with Gasteiger partial charge in [-0.15, -0.1) is 0 Å². The molecular formula is C26H52O3. The van der Waals surface area contributed by atoms with Gasteiger partial charge in [0.05, 0.1) is 0 Å². The Hall–Kier alpha value is -0.120. The molecule has 0 spiro atoms. The lowest BCUT2D eigenvalue weighted by Crippen LogP contribution is -2.11. The summed E-state index contributed by atoms with van der Waals surface area (Å²) in [7, 11) is 0. The van der Waals surface area contributed by atoms with E-state index in [2.05, 4.69) is 13.8 Å². The van der Waals surface area contributed by atoms with E-state index in [4.69, 9.17) is 14.5 Å². The summed E-state index contributed by atoms with van der Waals surface area (Å²) >= 11 is 0. The molecule has 0 bridgehead atoms. The number of hydrogen-bond donors (Lipinski definition) is 0. The summed E-state index contributed by atoms with van der Waals surface area (Å²) in [6.07, 6.45) is 29.0. The van der Waals surface area contributed by atoms with Crippen LogP contribution in [0.3, 0.4) is 0 Å². The first-order valence-electron chi connectivity index (χ1n) is 13.3. The number of hydrogen-bond acceptors (Lipinski definition) is 3. The lowest BCUT2D eigenvalue weighted by Gasteiger charge is -2.08. The van der Waals surface area contributed by atoms with Gasteiger partial charge in [0.25, 0.3) is 0 Å². The first kappa shape index (κ1) is 26.9. The summed E-state index contributed by atoms with van der Waals surface area (Å²) in [4.78, 5) is 10.7. The van der Waals surface area contributed by atoms with Crippen molar-refractivity contribution in [2.24, 2.45) is 0 Å². The van der Waals surface area contributed by atoms with Crippen molar-refractivity contribution in [3.63, 3.8) is 0 Å². The van der Waals surface area contributed by atoms with Crippen LogP contribution in [0.4, 0.5) is 0 Å². The van der Waals surface area contributed by atoms with Gasteiger partial charge in [0.15, 0.2) is 12.6 Å². The molecule has 3 heteroatoms. The summed E-state index contributed by atoms with van der Waals surface area (Å²) in [5.74, 6) is 0. The second-order valence-corrected chi connectivity index (χ2v) is 9.13. The Morgan fingerprint density at radius 3 is 0.966 bits per heavy atom. The van der Waals surface area contributed by atoms with Crippen LogP contribution < -0.4 is 0 Å². The minimum atomic E-state index is -0.128. The number of rotatable bonds is 22. The molecule has 0 amide bonds. The van der Waals surface area contributed by atoms with E-state index in [1.54, 1.807) is 0 Å². The maximum Gasteiger partial charge on any atom is 0.194 e. The van der Waals surface area contributed by atoms with E-state index >= 15 is 0 Å². The molecule has 0 aromatic heterocycles. The molecule has 0 aliphatic carbocycles. The fourth-order valence-corrected chi connectivity index (χ4v) is 4.17. The van der Waals surface area contributed by atoms with Crippen molar-refractivity contribution in [3.8, 4) is 0 Å². The molecule has 29 heavy (non-hydrogen) atoms. The Kier molecular flexibility index (Phi) is 19.6. The minimum Gasteiger partial charge on any atom is -0.318 e. The molecule has 174 valence electrons. The van der Waals surface area contributed by atoms with Crippen LogP contribution in [0, 0.1) is 0 Å². The molecule has 2 unspecified atom stereocenters. The van der Waals surface area contributed by atoms with Crippen molar-refractivity contribution in [2.75, 3.05) is 0 Å². The molecule has 0 aromatic rings. The van der Waals surface area contributed by atoms with Crippen molar-refractivity contribution in [1.82, 2.24) is 0 Å². The predicted molar refractivity (Wildman–Crippen MR) is 124 cm³/mol. The first-order valence-corrected chi connectivity index (χ1v) is 13.3. The molecule has 3 nitrogen and oxygen atoms in total. The van der Waals surface area contributed by atoms with E-state index in [9.17, 15) is 0 Å². The van der Waals surface area contributed by atoms with Gasteiger partial charge >= 0.3 is 0 Å². The van der Waals surface area contributed by atoms with Crippen LogP contribution in [-0.4, -0.2) is 12.6 Å². The van der Waals surface area contributed by atoms with E-state index in [1.807, 2.05) is 0 Å². The van der Waals surface area contributed by atoms with Crippen LogP contribution in [-0.2, 0) is 14.5 Å². The van der Waals surface area contributed by atoms with Gasteiger partial charge in [0, 0.05) is 12.8 Å². The third kappa shape index (κ3) is 17.3. The average Bonchev–Trinajstić information content (AvgIpc) is 3.18. The molecular weight excluding hydrogens is 360 g/mol. The quantitative estimate of drug-likeness (QED) is 0.131. The Morgan fingerprint density at radius 2 is 0.655 bits per heavy atom. The molecule has 1 rings (SSSR count). The molecule has 0 saturated carbocycles. The lowest BCUT2D eigenvalue weighted by molar-refractivity contribution is -0.298. The normalized spacial score (nSPS) is 19.2. The molecule has 1 aliphatic rings. The zero-order chi connectivity index (χ0) is 20.8. The largest absolute Gasteiger partial charge is 0.318 e. The molecule has 1 saturated heterocycles. The Morgan fingerprint density at radius 1 is 0.379 bits per heavy atom. The Bertz CT molecular complexity index is 291. The highest BCUT2D eigenvalue weighted by Crippen LogP contribution is 2.23. The monoisotopic (exact) mass is 412 g/mol. The summed E-state index contributed by atoms with van der Waals surface area (Å²) in [5, 5.41) is 0. The van der Waals surface area contributed by atoms with E-state index in [0.29, 0.717) is 0 Å². The van der Waals surface area contributed by atoms with Gasteiger partial charge in [-0.1, -0.05) is 129 Å². The zero-order valence-corrected chi connectivity index (χ0v) is 19.9. The van der Waals surface area contributed by atoms with E-state index in [-0.39, 0.29) is 12.6 Å². The van der Waals surface area contributed by atoms with E-state index in [0.717, 1.165) is 12.8 Å². The standard InChI is InChI=1S/C26H52O3/c1-3-5-7-9-11-13-15-17-19-21-23-25-27-26(29-28-25)24-22-20-18-16-14-12-10-8-6-4-2/h25-26H,3-24H2,1-2H3.